The fourth-order valence-corrected chi connectivity index (χ4v) is 6.80. The SMILES string of the molecule is CCN=C1S/C(=C\c2cc(C)n(-c3sc4c(c3C#N)CCCC4)c2C)C(=O)N1CC. The van der Waals surface area contributed by atoms with Crippen molar-refractivity contribution in [3.8, 4) is 11.1 Å². The van der Waals surface area contributed by atoms with Crippen LogP contribution in [0.1, 0.15) is 59.6 Å². The number of thiophene rings is 1. The molecule has 0 bridgehead atoms. The lowest BCUT2D eigenvalue weighted by Crippen LogP contribution is -2.28. The van der Waals surface area contributed by atoms with Crippen molar-refractivity contribution in [3.63, 3.8) is 0 Å². The Bertz CT molecular complexity index is 1110. The lowest BCUT2D eigenvalue weighted by molar-refractivity contribution is -0.122. The van der Waals surface area contributed by atoms with Crippen molar-refractivity contribution in [1.29, 1.82) is 5.26 Å². The summed E-state index contributed by atoms with van der Waals surface area (Å²) in [4.78, 5) is 21.1. The Hall–Kier alpha value is -2.30. The third-order valence-corrected chi connectivity index (χ3v) is 8.04. The average molecular weight is 439 g/mol. The number of nitriles is 1. The zero-order chi connectivity index (χ0) is 21.4. The van der Waals surface area contributed by atoms with Crippen LogP contribution in [0.2, 0.25) is 0 Å². The maximum atomic E-state index is 12.8. The lowest BCUT2D eigenvalue weighted by atomic mass is 9.96. The van der Waals surface area contributed by atoms with E-state index in [9.17, 15) is 10.1 Å². The molecule has 4 rings (SSSR count). The van der Waals surface area contributed by atoms with Crippen LogP contribution in [0.15, 0.2) is 16.0 Å². The third-order valence-electron chi connectivity index (χ3n) is 5.72. The number of carbonyl (C=O) groups excluding carboxylic acids is 1. The van der Waals surface area contributed by atoms with Gasteiger partial charge in [0.25, 0.3) is 5.91 Å². The molecule has 3 heterocycles. The van der Waals surface area contributed by atoms with Crippen LogP contribution >= 0.6 is 23.1 Å². The van der Waals surface area contributed by atoms with Gasteiger partial charge in [-0.25, -0.2) is 0 Å². The second-order valence-electron chi connectivity index (χ2n) is 7.58. The second kappa shape index (κ2) is 8.44. The topological polar surface area (TPSA) is 61.4 Å². The van der Waals surface area contributed by atoms with Crippen molar-refractivity contribution in [1.82, 2.24) is 9.47 Å². The van der Waals surface area contributed by atoms with Crippen LogP contribution in [0, 0.1) is 25.2 Å². The van der Waals surface area contributed by atoms with Crippen LogP contribution in [-0.4, -0.2) is 33.6 Å². The first-order valence-electron chi connectivity index (χ1n) is 10.5. The molecule has 0 aromatic carbocycles. The molecule has 2 aliphatic rings. The van der Waals surface area contributed by atoms with Crippen LogP contribution in [0.5, 0.6) is 0 Å². The normalized spacial score (nSPS) is 19.0. The number of hydrogen-bond donors (Lipinski definition) is 0. The molecule has 0 spiro atoms. The number of aliphatic imine (C=N–C) groups is 1. The van der Waals surface area contributed by atoms with E-state index in [0.717, 1.165) is 51.9 Å². The molecule has 0 saturated carbocycles. The number of hydrogen-bond acceptors (Lipinski definition) is 5. The maximum Gasteiger partial charge on any atom is 0.266 e. The number of fused-ring (bicyclic) bond motifs is 1. The fourth-order valence-electron chi connectivity index (χ4n) is 4.25. The van der Waals surface area contributed by atoms with Crippen molar-refractivity contribution in [2.24, 2.45) is 4.99 Å². The largest absolute Gasteiger partial charge is 0.308 e. The highest BCUT2D eigenvalue weighted by atomic mass is 32.2. The average Bonchev–Trinajstić information content (AvgIpc) is 3.33. The molecule has 2 aromatic rings. The standard InChI is InChI=1S/C23H26N4OS2/c1-5-25-23-26(6-2)21(28)20(30-23)12-16-11-14(3)27(15(16)4)22-18(13-24)17-9-7-8-10-19(17)29-22/h11-12H,5-10H2,1-4H3/b20-12-,25-23?. The number of rotatable bonds is 4. The molecule has 1 saturated heterocycles. The van der Waals surface area contributed by atoms with Gasteiger partial charge in [0, 0.05) is 29.4 Å². The Balaban J connectivity index is 1.77. The van der Waals surface area contributed by atoms with E-state index in [0.29, 0.717) is 18.0 Å². The molecule has 0 N–H and O–H groups in total. The molecule has 156 valence electrons. The van der Waals surface area contributed by atoms with E-state index in [1.165, 1.54) is 28.6 Å². The highest BCUT2D eigenvalue weighted by Gasteiger charge is 2.32. The van der Waals surface area contributed by atoms with Crippen molar-refractivity contribution in [2.45, 2.75) is 53.4 Å². The van der Waals surface area contributed by atoms with Crippen LogP contribution in [-0.2, 0) is 17.6 Å². The molecule has 30 heavy (non-hydrogen) atoms. The van der Waals surface area contributed by atoms with E-state index in [2.05, 4.69) is 35.5 Å². The van der Waals surface area contributed by atoms with Crippen LogP contribution in [0.4, 0.5) is 0 Å². The van der Waals surface area contributed by atoms with Gasteiger partial charge in [-0.05, 0) is 88.4 Å². The zero-order valence-corrected chi connectivity index (χ0v) is 19.5. The summed E-state index contributed by atoms with van der Waals surface area (Å²) in [7, 11) is 0. The van der Waals surface area contributed by atoms with Gasteiger partial charge in [0.15, 0.2) is 5.17 Å². The van der Waals surface area contributed by atoms with Gasteiger partial charge in [0.2, 0.25) is 0 Å². The molecule has 1 aliphatic carbocycles. The van der Waals surface area contributed by atoms with E-state index >= 15 is 0 Å². The second-order valence-corrected chi connectivity index (χ2v) is 9.67. The smallest absolute Gasteiger partial charge is 0.266 e. The number of likely N-dealkylation sites (N-methyl/N-ethyl adjacent to an activating group) is 1. The molecule has 0 atom stereocenters. The first kappa shape index (κ1) is 21.0. The van der Waals surface area contributed by atoms with E-state index < -0.39 is 0 Å². The number of nitrogens with zero attached hydrogens (tertiary/aromatic N) is 4. The highest BCUT2D eigenvalue weighted by Crippen LogP contribution is 2.39. The monoisotopic (exact) mass is 438 g/mol. The van der Waals surface area contributed by atoms with Gasteiger partial charge >= 0.3 is 0 Å². The van der Waals surface area contributed by atoms with Crippen molar-refractivity contribution >= 4 is 40.2 Å². The molecule has 0 unspecified atom stereocenters. The Labute approximate surface area is 186 Å². The summed E-state index contributed by atoms with van der Waals surface area (Å²) in [5, 5.41) is 11.7. The Kier molecular flexibility index (Phi) is 5.90. The number of aryl methyl sites for hydroxylation is 2. The maximum absolute atomic E-state index is 12.8. The molecule has 5 nitrogen and oxygen atoms in total. The summed E-state index contributed by atoms with van der Waals surface area (Å²) in [6.07, 6.45) is 6.42. The quantitative estimate of drug-likeness (QED) is 0.615. The Morgan fingerprint density at radius 1 is 1.27 bits per heavy atom. The van der Waals surface area contributed by atoms with Crippen molar-refractivity contribution in [3.05, 3.63) is 43.9 Å². The molecule has 1 aliphatic heterocycles. The van der Waals surface area contributed by atoms with Crippen molar-refractivity contribution < 1.29 is 4.79 Å². The van der Waals surface area contributed by atoms with Crippen LogP contribution in [0.3, 0.4) is 0 Å². The first-order valence-corrected chi connectivity index (χ1v) is 12.1. The Morgan fingerprint density at radius 3 is 2.73 bits per heavy atom. The van der Waals surface area contributed by atoms with Gasteiger partial charge in [-0.15, -0.1) is 11.3 Å². The van der Waals surface area contributed by atoms with E-state index in [1.807, 2.05) is 19.9 Å². The molecule has 0 radical (unpaired) electrons. The number of carbonyl (C=O) groups is 1. The van der Waals surface area contributed by atoms with Crippen molar-refractivity contribution in [2.75, 3.05) is 13.1 Å². The first-order chi connectivity index (χ1) is 14.5. The number of amidine groups is 1. The van der Waals surface area contributed by atoms with Gasteiger partial charge in [-0.1, -0.05) is 0 Å². The molecular weight excluding hydrogens is 412 g/mol. The van der Waals surface area contributed by atoms with Gasteiger partial charge in [-0.2, -0.15) is 5.26 Å². The summed E-state index contributed by atoms with van der Waals surface area (Å²) in [5.74, 6) is 0.0174. The summed E-state index contributed by atoms with van der Waals surface area (Å²) in [5.41, 5.74) is 5.24. The molecular formula is C23H26N4OS2. The lowest BCUT2D eigenvalue weighted by Gasteiger charge is -2.11. The van der Waals surface area contributed by atoms with Gasteiger partial charge in [0.1, 0.15) is 11.1 Å². The molecule has 1 amide bonds. The summed E-state index contributed by atoms with van der Waals surface area (Å²) < 4.78 is 2.19. The minimum absolute atomic E-state index is 0.0174. The minimum atomic E-state index is 0.0174. The molecule has 7 heteroatoms. The number of amides is 1. The van der Waals surface area contributed by atoms with Gasteiger partial charge in [-0.3, -0.25) is 14.7 Å². The van der Waals surface area contributed by atoms with E-state index in [-0.39, 0.29) is 5.91 Å². The molecule has 2 aromatic heterocycles. The van der Waals surface area contributed by atoms with Crippen LogP contribution in [0.25, 0.3) is 11.1 Å². The zero-order valence-electron chi connectivity index (χ0n) is 17.9. The van der Waals surface area contributed by atoms with E-state index in [1.54, 1.807) is 16.2 Å². The summed E-state index contributed by atoms with van der Waals surface area (Å²) in [6, 6.07) is 4.59. The summed E-state index contributed by atoms with van der Waals surface area (Å²) in [6.45, 7) is 9.37. The summed E-state index contributed by atoms with van der Waals surface area (Å²) >= 11 is 3.20. The molecule has 1 fully saturated rings. The van der Waals surface area contributed by atoms with Crippen LogP contribution < -0.4 is 0 Å². The fraction of sp³-hybridized carbons (Fsp3) is 0.435. The third kappa shape index (κ3) is 3.42. The number of thioether (sulfide) groups is 1. The predicted molar refractivity (Wildman–Crippen MR) is 125 cm³/mol. The highest BCUT2D eigenvalue weighted by molar-refractivity contribution is 8.18. The number of aromatic nitrogens is 1. The van der Waals surface area contributed by atoms with Gasteiger partial charge < -0.3 is 4.57 Å². The minimum Gasteiger partial charge on any atom is -0.308 e. The predicted octanol–water partition coefficient (Wildman–Crippen LogP) is 5.22. The van der Waals surface area contributed by atoms with E-state index in [4.69, 9.17) is 0 Å². The van der Waals surface area contributed by atoms with Gasteiger partial charge in [0.05, 0.1) is 10.5 Å². The Morgan fingerprint density at radius 2 is 2.03 bits per heavy atom.